The van der Waals surface area contributed by atoms with Gasteiger partial charge in [-0.15, -0.1) is 11.3 Å². The number of carbonyl (C=O) groups excluding carboxylic acids is 2. The van der Waals surface area contributed by atoms with Crippen molar-refractivity contribution >= 4 is 28.2 Å². The van der Waals surface area contributed by atoms with Crippen LogP contribution in [-0.4, -0.2) is 18.4 Å². The van der Waals surface area contributed by atoms with E-state index in [0.29, 0.717) is 16.3 Å². The van der Waals surface area contributed by atoms with E-state index >= 15 is 0 Å². The molecule has 1 heterocycles. The number of benzene rings is 1. The Morgan fingerprint density at radius 2 is 1.88 bits per heavy atom. The van der Waals surface area contributed by atoms with Crippen LogP contribution < -0.4 is 15.8 Å². The number of anilines is 1. The molecule has 1 aliphatic carbocycles. The maximum atomic E-state index is 12.3. The van der Waals surface area contributed by atoms with Crippen LogP contribution in [0.4, 0.5) is 5.00 Å². The van der Waals surface area contributed by atoms with Crippen molar-refractivity contribution in [1.29, 1.82) is 0 Å². The summed E-state index contributed by atoms with van der Waals surface area (Å²) >= 11 is 1.47. The number of aryl methyl sites for hydroxylation is 2. The number of fused-ring (bicyclic) bond motifs is 1. The molecule has 3 rings (SSSR count). The normalized spacial score (nSPS) is 13.6. The van der Waals surface area contributed by atoms with E-state index in [2.05, 4.69) is 12.2 Å². The molecule has 6 heteroatoms. The molecule has 0 aliphatic heterocycles. The molecule has 0 radical (unpaired) electrons. The fraction of sp³-hybridized carbons (Fsp3) is 0.400. The summed E-state index contributed by atoms with van der Waals surface area (Å²) < 4.78 is 5.54. The second-order valence-electron chi connectivity index (χ2n) is 6.47. The lowest BCUT2D eigenvalue weighted by Gasteiger charge is -2.08. The second-order valence-corrected chi connectivity index (χ2v) is 7.57. The van der Waals surface area contributed by atoms with E-state index in [9.17, 15) is 9.59 Å². The lowest BCUT2D eigenvalue weighted by molar-refractivity contribution is -0.118. The molecule has 3 N–H and O–H groups in total. The Bertz CT molecular complexity index is 796. The standard InChI is InChI=1S/C20H24N2O3S/c1-2-13-8-10-14(11-9-13)25-12-17(23)22-20-18(19(21)24)15-6-4-3-5-7-16(15)26-20/h8-11H,2-7,12H2,1H3,(H2,21,24)(H,22,23). The number of hydrogen-bond donors (Lipinski definition) is 2. The highest BCUT2D eigenvalue weighted by molar-refractivity contribution is 7.17. The lowest BCUT2D eigenvalue weighted by Crippen LogP contribution is -2.22. The minimum Gasteiger partial charge on any atom is -0.484 e. The van der Waals surface area contributed by atoms with Crippen LogP contribution >= 0.6 is 11.3 Å². The first-order chi connectivity index (χ1) is 12.6. The average molecular weight is 372 g/mol. The monoisotopic (exact) mass is 372 g/mol. The molecule has 26 heavy (non-hydrogen) atoms. The van der Waals surface area contributed by atoms with Gasteiger partial charge in [0.15, 0.2) is 6.61 Å². The Morgan fingerprint density at radius 1 is 1.15 bits per heavy atom. The van der Waals surface area contributed by atoms with Gasteiger partial charge in [0, 0.05) is 4.88 Å². The minimum atomic E-state index is -0.476. The molecule has 1 aromatic heterocycles. The molecule has 0 spiro atoms. The smallest absolute Gasteiger partial charge is 0.262 e. The third-order valence-electron chi connectivity index (χ3n) is 4.62. The summed E-state index contributed by atoms with van der Waals surface area (Å²) in [4.78, 5) is 25.4. The number of nitrogens with one attached hydrogen (secondary N) is 1. The van der Waals surface area contributed by atoms with E-state index in [0.717, 1.165) is 44.1 Å². The van der Waals surface area contributed by atoms with Crippen molar-refractivity contribution in [3.05, 3.63) is 45.8 Å². The molecule has 0 bridgehead atoms. The summed E-state index contributed by atoms with van der Waals surface area (Å²) in [5.41, 5.74) is 8.30. The molecule has 0 saturated carbocycles. The maximum absolute atomic E-state index is 12.3. The third-order valence-corrected chi connectivity index (χ3v) is 5.83. The van der Waals surface area contributed by atoms with Crippen LogP contribution in [0.1, 0.15) is 52.5 Å². The second kappa shape index (κ2) is 8.36. The predicted octanol–water partition coefficient (Wildman–Crippen LogP) is 3.70. The molecular weight excluding hydrogens is 348 g/mol. The summed E-state index contributed by atoms with van der Waals surface area (Å²) in [6.45, 7) is 1.98. The quantitative estimate of drug-likeness (QED) is 0.759. The highest BCUT2D eigenvalue weighted by Gasteiger charge is 2.24. The van der Waals surface area contributed by atoms with Gasteiger partial charge in [0.1, 0.15) is 10.8 Å². The molecule has 138 valence electrons. The van der Waals surface area contributed by atoms with Crippen LogP contribution in [0.5, 0.6) is 5.75 Å². The van der Waals surface area contributed by atoms with E-state index in [1.165, 1.54) is 21.8 Å². The first kappa shape index (κ1) is 18.5. The molecular formula is C20H24N2O3S. The number of amides is 2. The van der Waals surface area contributed by atoms with Gasteiger partial charge in [0.05, 0.1) is 5.56 Å². The topological polar surface area (TPSA) is 81.4 Å². The van der Waals surface area contributed by atoms with Gasteiger partial charge in [0.25, 0.3) is 11.8 Å². The summed E-state index contributed by atoms with van der Waals surface area (Å²) in [7, 11) is 0. The number of rotatable bonds is 6. The molecule has 2 aromatic rings. The van der Waals surface area contributed by atoms with Crippen LogP contribution in [0.2, 0.25) is 0 Å². The van der Waals surface area contributed by atoms with Crippen LogP contribution in [0.15, 0.2) is 24.3 Å². The molecule has 0 saturated heterocycles. The van der Waals surface area contributed by atoms with Crippen LogP contribution in [0.25, 0.3) is 0 Å². The predicted molar refractivity (Wildman–Crippen MR) is 104 cm³/mol. The van der Waals surface area contributed by atoms with Crippen molar-refractivity contribution in [3.8, 4) is 5.75 Å². The number of carbonyl (C=O) groups is 2. The Labute approximate surface area is 157 Å². The van der Waals surface area contributed by atoms with Gasteiger partial charge in [-0.25, -0.2) is 0 Å². The Balaban J connectivity index is 1.67. The van der Waals surface area contributed by atoms with Crippen molar-refractivity contribution in [1.82, 2.24) is 0 Å². The van der Waals surface area contributed by atoms with Crippen molar-refractivity contribution in [2.45, 2.75) is 45.4 Å². The van der Waals surface area contributed by atoms with Gasteiger partial charge < -0.3 is 15.8 Å². The van der Waals surface area contributed by atoms with E-state index in [4.69, 9.17) is 10.5 Å². The van der Waals surface area contributed by atoms with E-state index in [-0.39, 0.29) is 12.5 Å². The summed E-state index contributed by atoms with van der Waals surface area (Å²) in [6.07, 6.45) is 6.06. The van der Waals surface area contributed by atoms with E-state index in [1.54, 1.807) is 0 Å². The number of ether oxygens (including phenoxy) is 1. The SMILES string of the molecule is CCc1ccc(OCC(=O)Nc2sc3c(c2C(N)=O)CCCCC3)cc1. The van der Waals surface area contributed by atoms with Crippen LogP contribution in [0, 0.1) is 0 Å². The Morgan fingerprint density at radius 3 is 2.58 bits per heavy atom. The lowest BCUT2D eigenvalue weighted by atomic mass is 10.1. The van der Waals surface area contributed by atoms with Crippen molar-refractivity contribution in [2.24, 2.45) is 5.73 Å². The molecule has 1 aliphatic rings. The van der Waals surface area contributed by atoms with Gasteiger partial charge in [-0.2, -0.15) is 0 Å². The Hall–Kier alpha value is -2.34. The van der Waals surface area contributed by atoms with Gasteiger partial charge >= 0.3 is 0 Å². The van der Waals surface area contributed by atoms with Crippen LogP contribution in [-0.2, 0) is 24.1 Å². The highest BCUT2D eigenvalue weighted by atomic mass is 32.1. The first-order valence-electron chi connectivity index (χ1n) is 9.04. The zero-order valence-corrected chi connectivity index (χ0v) is 15.8. The fourth-order valence-corrected chi connectivity index (χ4v) is 4.54. The maximum Gasteiger partial charge on any atom is 0.262 e. The summed E-state index contributed by atoms with van der Waals surface area (Å²) in [5.74, 6) is -0.117. The van der Waals surface area contributed by atoms with Gasteiger partial charge in [-0.3, -0.25) is 9.59 Å². The number of hydrogen-bond acceptors (Lipinski definition) is 4. The first-order valence-corrected chi connectivity index (χ1v) is 9.86. The molecule has 0 fully saturated rings. The van der Waals surface area contributed by atoms with Crippen LogP contribution in [0.3, 0.4) is 0 Å². The zero-order chi connectivity index (χ0) is 18.5. The third kappa shape index (κ3) is 4.25. The van der Waals surface area contributed by atoms with Crippen molar-refractivity contribution < 1.29 is 14.3 Å². The molecule has 2 amide bonds. The number of nitrogens with two attached hydrogens (primary N) is 1. The number of thiophene rings is 1. The fourth-order valence-electron chi connectivity index (χ4n) is 3.22. The zero-order valence-electron chi connectivity index (χ0n) is 15.0. The Kier molecular flexibility index (Phi) is 5.93. The van der Waals surface area contributed by atoms with Gasteiger partial charge in [-0.05, 0) is 55.4 Å². The minimum absolute atomic E-state index is 0.105. The molecule has 5 nitrogen and oxygen atoms in total. The van der Waals surface area contributed by atoms with Gasteiger partial charge in [0.2, 0.25) is 0 Å². The van der Waals surface area contributed by atoms with E-state index in [1.807, 2.05) is 24.3 Å². The highest BCUT2D eigenvalue weighted by Crippen LogP contribution is 2.37. The molecule has 0 atom stereocenters. The molecule has 1 aromatic carbocycles. The molecule has 0 unspecified atom stereocenters. The van der Waals surface area contributed by atoms with E-state index < -0.39 is 5.91 Å². The van der Waals surface area contributed by atoms with Crippen molar-refractivity contribution in [2.75, 3.05) is 11.9 Å². The largest absolute Gasteiger partial charge is 0.484 e. The van der Waals surface area contributed by atoms with Crippen molar-refractivity contribution in [3.63, 3.8) is 0 Å². The summed E-state index contributed by atoms with van der Waals surface area (Å²) in [5, 5.41) is 3.37. The summed E-state index contributed by atoms with van der Waals surface area (Å²) in [6, 6.07) is 7.67. The average Bonchev–Trinajstić information content (AvgIpc) is 2.81. The number of primary amides is 1. The van der Waals surface area contributed by atoms with Gasteiger partial charge in [-0.1, -0.05) is 25.5 Å².